The van der Waals surface area contributed by atoms with E-state index in [1.54, 1.807) is 13.8 Å². The van der Waals surface area contributed by atoms with E-state index in [9.17, 15) is 4.79 Å². The Morgan fingerprint density at radius 1 is 0.944 bits per heavy atom. The first-order chi connectivity index (χ1) is 8.45. The van der Waals surface area contributed by atoms with E-state index in [0.29, 0.717) is 0 Å². The van der Waals surface area contributed by atoms with Gasteiger partial charge in [-0.3, -0.25) is 24.4 Å². The molecule has 4 saturated heterocycles. The van der Waals surface area contributed by atoms with Gasteiger partial charge < -0.3 is 10.8 Å². The summed E-state index contributed by atoms with van der Waals surface area (Å²) in [6.45, 7) is 10.7. The lowest BCUT2D eigenvalue weighted by molar-refractivity contribution is -0.194. The second-order valence-corrected chi connectivity index (χ2v) is 5.64. The lowest BCUT2D eigenvalue weighted by Gasteiger charge is -2.56. The van der Waals surface area contributed by atoms with E-state index in [2.05, 4.69) is 19.6 Å². The predicted octanol–water partition coefficient (Wildman–Crippen LogP) is -0.965. The quantitative estimate of drug-likeness (QED) is 0.659. The molecule has 18 heavy (non-hydrogen) atoms. The molecule has 0 spiro atoms. The summed E-state index contributed by atoms with van der Waals surface area (Å²) in [5.74, 6) is -0.910. The Kier molecular flexibility index (Phi) is 4.18. The average Bonchev–Trinajstić information content (AvgIpc) is 2.26. The molecule has 0 aromatic carbocycles. The van der Waals surface area contributed by atoms with E-state index in [-0.39, 0.29) is 5.92 Å². The van der Waals surface area contributed by atoms with Crippen LogP contribution < -0.4 is 5.73 Å². The molecular formula is C11H23N5O2. The average molecular weight is 257 g/mol. The van der Waals surface area contributed by atoms with Crippen molar-refractivity contribution in [3.05, 3.63) is 0 Å². The molecular weight excluding hydrogens is 234 g/mol. The Balaban J connectivity index is 0.000000139. The summed E-state index contributed by atoms with van der Waals surface area (Å²) in [7, 11) is 0. The largest absolute Gasteiger partial charge is 0.480 e. The molecule has 4 bridgehead atoms. The van der Waals surface area contributed by atoms with Gasteiger partial charge in [-0.05, 0) is 5.92 Å². The fourth-order valence-electron chi connectivity index (χ4n) is 2.52. The van der Waals surface area contributed by atoms with Crippen molar-refractivity contribution >= 4 is 5.97 Å². The summed E-state index contributed by atoms with van der Waals surface area (Å²) in [5.41, 5.74) is 5.16. The predicted molar refractivity (Wildman–Crippen MR) is 67.0 cm³/mol. The number of aliphatic carboxylic acids is 1. The second kappa shape index (κ2) is 5.50. The third-order valence-corrected chi connectivity index (χ3v) is 3.40. The van der Waals surface area contributed by atoms with Crippen molar-refractivity contribution in [1.82, 2.24) is 19.6 Å². The zero-order chi connectivity index (χ0) is 13.3. The molecule has 0 saturated carbocycles. The van der Waals surface area contributed by atoms with Crippen molar-refractivity contribution in [3.8, 4) is 0 Å². The van der Waals surface area contributed by atoms with Gasteiger partial charge in [-0.1, -0.05) is 13.8 Å². The molecule has 0 amide bonds. The van der Waals surface area contributed by atoms with E-state index in [4.69, 9.17) is 10.8 Å². The zero-order valence-electron chi connectivity index (χ0n) is 11.1. The van der Waals surface area contributed by atoms with Gasteiger partial charge in [0, 0.05) is 0 Å². The van der Waals surface area contributed by atoms with Crippen molar-refractivity contribution < 1.29 is 9.90 Å². The van der Waals surface area contributed by atoms with Crippen LogP contribution in [-0.4, -0.2) is 76.7 Å². The van der Waals surface area contributed by atoms with Gasteiger partial charge in [-0.25, -0.2) is 0 Å². The third kappa shape index (κ3) is 3.18. The minimum Gasteiger partial charge on any atom is -0.480 e. The first kappa shape index (κ1) is 13.7. The minimum absolute atomic E-state index is 0.0208. The normalized spacial score (nSPS) is 38.2. The van der Waals surface area contributed by atoms with Gasteiger partial charge >= 0.3 is 5.97 Å². The summed E-state index contributed by atoms with van der Waals surface area (Å²) in [4.78, 5) is 19.9. The Hall–Kier alpha value is -0.730. The van der Waals surface area contributed by atoms with Gasteiger partial charge in [0.15, 0.2) is 0 Å². The zero-order valence-corrected chi connectivity index (χ0v) is 11.1. The van der Waals surface area contributed by atoms with Crippen LogP contribution in [0, 0.1) is 5.92 Å². The number of carboxylic acids is 1. The topological polar surface area (TPSA) is 76.3 Å². The molecule has 1 atom stereocenters. The van der Waals surface area contributed by atoms with Crippen LogP contribution >= 0.6 is 0 Å². The number of hydrogen-bond acceptors (Lipinski definition) is 6. The second-order valence-electron chi connectivity index (χ2n) is 5.64. The van der Waals surface area contributed by atoms with E-state index in [0.717, 1.165) is 0 Å². The molecule has 7 heteroatoms. The fourth-order valence-corrected chi connectivity index (χ4v) is 2.52. The minimum atomic E-state index is -0.931. The molecule has 4 heterocycles. The Labute approximate surface area is 108 Å². The SMILES string of the molecule is C1N2CN3CN1CN(C2)C3.CC(C)[C@H](N)C(=O)O. The molecule has 4 rings (SSSR count). The smallest absolute Gasteiger partial charge is 0.320 e. The molecule has 0 aromatic heterocycles. The Morgan fingerprint density at radius 3 is 1.33 bits per heavy atom. The van der Waals surface area contributed by atoms with Crippen LogP contribution in [0.5, 0.6) is 0 Å². The maximum absolute atomic E-state index is 10.0. The van der Waals surface area contributed by atoms with Crippen LogP contribution in [0.2, 0.25) is 0 Å². The molecule has 0 aromatic rings. The molecule has 4 aliphatic rings. The van der Waals surface area contributed by atoms with Crippen molar-refractivity contribution in [2.45, 2.75) is 19.9 Å². The van der Waals surface area contributed by atoms with Crippen molar-refractivity contribution in [2.24, 2.45) is 11.7 Å². The maximum Gasteiger partial charge on any atom is 0.320 e. The number of rotatable bonds is 2. The highest BCUT2D eigenvalue weighted by atomic mass is 16.4. The summed E-state index contributed by atoms with van der Waals surface area (Å²) < 4.78 is 0. The highest BCUT2D eigenvalue weighted by Crippen LogP contribution is 2.20. The molecule has 0 radical (unpaired) electrons. The van der Waals surface area contributed by atoms with Crippen LogP contribution in [0.4, 0.5) is 0 Å². The van der Waals surface area contributed by atoms with Crippen LogP contribution in [0.25, 0.3) is 0 Å². The number of carbonyl (C=O) groups is 1. The molecule has 104 valence electrons. The molecule has 4 aliphatic heterocycles. The third-order valence-electron chi connectivity index (χ3n) is 3.40. The standard InChI is InChI=1S/C6H12N4.C5H11NO2/c1-7-2-9-4-8(1)5-10(3-7)6-9;1-3(2)4(6)5(7)8/h1-6H2;3-4H,6H2,1-2H3,(H,7,8)/t;4-/m.0/s1. The highest BCUT2D eigenvalue weighted by molar-refractivity contribution is 5.73. The maximum atomic E-state index is 10.0. The highest BCUT2D eigenvalue weighted by Gasteiger charge is 2.36. The van der Waals surface area contributed by atoms with Crippen molar-refractivity contribution in [1.29, 1.82) is 0 Å². The number of hydrogen-bond donors (Lipinski definition) is 2. The Morgan fingerprint density at radius 2 is 1.22 bits per heavy atom. The van der Waals surface area contributed by atoms with E-state index >= 15 is 0 Å². The summed E-state index contributed by atoms with van der Waals surface area (Å²) >= 11 is 0. The summed E-state index contributed by atoms with van der Waals surface area (Å²) in [6.07, 6.45) is 0. The van der Waals surface area contributed by atoms with Crippen LogP contribution in [0.3, 0.4) is 0 Å². The number of nitrogens with zero attached hydrogens (tertiary/aromatic N) is 4. The lowest BCUT2D eigenvalue weighted by Crippen LogP contribution is -2.71. The first-order valence-electron chi connectivity index (χ1n) is 6.33. The van der Waals surface area contributed by atoms with E-state index in [1.807, 2.05) is 0 Å². The first-order valence-corrected chi connectivity index (χ1v) is 6.33. The monoisotopic (exact) mass is 257 g/mol. The Bertz CT molecular complexity index is 253. The molecule has 7 nitrogen and oxygen atoms in total. The van der Waals surface area contributed by atoms with Crippen LogP contribution in [0.15, 0.2) is 0 Å². The molecule has 4 fully saturated rings. The van der Waals surface area contributed by atoms with Crippen LogP contribution in [0.1, 0.15) is 13.8 Å². The van der Waals surface area contributed by atoms with Gasteiger partial charge in [0.25, 0.3) is 0 Å². The fraction of sp³-hybridized carbons (Fsp3) is 0.909. The van der Waals surface area contributed by atoms with Gasteiger partial charge in [-0.2, -0.15) is 0 Å². The van der Waals surface area contributed by atoms with Gasteiger partial charge in [0.1, 0.15) is 6.04 Å². The van der Waals surface area contributed by atoms with Gasteiger partial charge in [0.05, 0.1) is 40.0 Å². The molecule has 0 aliphatic carbocycles. The summed E-state index contributed by atoms with van der Waals surface area (Å²) in [6, 6.07) is -0.713. The van der Waals surface area contributed by atoms with Crippen molar-refractivity contribution in [3.63, 3.8) is 0 Å². The lowest BCUT2D eigenvalue weighted by atomic mass is 10.1. The number of nitrogens with two attached hydrogens (primary N) is 1. The van der Waals surface area contributed by atoms with Crippen molar-refractivity contribution in [2.75, 3.05) is 40.0 Å². The summed E-state index contributed by atoms with van der Waals surface area (Å²) in [5, 5.41) is 8.23. The van der Waals surface area contributed by atoms with E-state index < -0.39 is 12.0 Å². The van der Waals surface area contributed by atoms with Gasteiger partial charge in [0.2, 0.25) is 0 Å². The van der Waals surface area contributed by atoms with Gasteiger partial charge in [-0.15, -0.1) is 0 Å². The van der Waals surface area contributed by atoms with E-state index in [1.165, 1.54) is 40.0 Å². The van der Waals surface area contributed by atoms with Crippen LogP contribution in [-0.2, 0) is 4.79 Å². The number of carboxylic acid groups (broad SMARTS) is 1. The molecule has 3 N–H and O–H groups in total. The molecule has 0 unspecified atom stereocenters.